The highest BCUT2D eigenvalue weighted by Gasteiger charge is 2.16. The fourth-order valence-corrected chi connectivity index (χ4v) is 4.52. The van der Waals surface area contributed by atoms with Crippen LogP contribution in [0.3, 0.4) is 0 Å². The van der Waals surface area contributed by atoms with Crippen molar-refractivity contribution in [3.05, 3.63) is 81.1 Å². The number of aromatic nitrogens is 3. The smallest absolute Gasteiger partial charge is 0.251 e. The quantitative estimate of drug-likeness (QED) is 0.294. The number of thioether (sulfide) groups is 1. The zero-order chi connectivity index (χ0) is 24.8. The van der Waals surface area contributed by atoms with E-state index < -0.39 is 0 Å². The van der Waals surface area contributed by atoms with Crippen LogP contribution in [0.2, 0.25) is 10.0 Å². The lowest BCUT2D eigenvalue weighted by Gasteiger charge is -2.13. The summed E-state index contributed by atoms with van der Waals surface area (Å²) >= 11 is 13.2. The Hall–Kier alpha value is -2.81. The molecule has 1 heterocycles. The summed E-state index contributed by atoms with van der Waals surface area (Å²) in [5.74, 6) is 0.255. The standard InChI is InChI=1S/C24H25Cl2N5O2S/c1-5-8-31-20(12-27-23(33)17-6-7-18(25)19(26)11-17)29-30-24(31)34-13-21(32)28-22-15(3)9-14(2)10-16(22)4/h5-7,9-11H,1,8,12-13H2,2-4H3,(H,27,33)(H,28,32). The van der Waals surface area contributed by atoms with E-state index in [1.165, 1.54) is 17.8 Å². The van der Waals surface area contributed by atoms with Crippen molar-refractivity contribution in [3.8, 4) is 0 Å². The number of nitrogens with one attached hydrogen (secondary N) is 2. The molecule has 0 spiro atoms. The first-order chi connectivity index (χ1) is 16.2. The van der Waals surface area contributed by atoms with Crippen LogP contribution in [0.25, 0.3) is 0 Å². The third-order valence-corrected chi connectivity index (χ3v) is 6.67. The van der Waals surface area contributed by atoms with E-state index in [1.54, 1.807) is 18.2 Å². The summed E-state index contributed by atoms with van der Waals surface area (Å²) in [7, 11) is 0. The first-order valence-corrected chi connectivity index (χ1v) is 12.2. The molecular weight excluding hydrogens is 493 g/mol. The summed E-state index contributed by atoms with van der Waals surface area (Å²) in [6.45, 7) is 10.3. The van der Waals surface area contributed by atoms with Gasteiger partial charge in [-0.15, -0.1) is 16.8 Å². The van der Waals surface area contributed by atoms with Gasteiger partial charge in [0, 0.05) is 17.8 Å². The Morgan fingerprint density at radius 1 is 1.09 bits per heavy atom. The van der Waals surface area contributed by atoms with E-state index in [0.29, 0.717) is 33.1 Å². The Morgan fingerprint density at radius 3 is 2.44 bits per heavy atom. The minimum Gasteiger partial charge on any atom is -0.345 e. The van der Waals surface area contributed by atoms with E-state index in [0.717, 1.165) is 22.4 Å². The molecule has 2 N–H and O–H groups in total. The van der Waals surface area contributed by atoms with Crippen molar-refractivity contribution < 1.29 is 9.59 Å². The number of nitrogens with zero attached hydrogens (tertiary/aromatic N) is 3. The Balaban J connectivity index is 1.64. The first-order valence-electron chi connectivity index (χ1n) is 10.5. The van der Waals surface area contributed by atoms with Gasteiger partial charge in [-0.05, 0) is 50.1 Å². The predicted molar refractivity (Wildman–Crippen MR) is 138 cm³/mol. The van der Waals surface area contributed by atoms with Crippen LogP contribution >= 0.6 is 35.0 Å². The van der Waals surface area contributed by atoms with Gasteiger partial charge in [-0.2, -0.15) is 0 Å². The van der Waals surface area contributed by atoms with Gasteiger partial charge in [0.05, 0.1) is 22.3 Å². The number of halogens is 2. The Morgan fingerprint density at radius 2 is 1.79 bits per heavy atom. The third-order valence-electron chi connectivity index (χ3n) is 4.97. The second kappa shape index (κ2) is 11.6. The molecule has 0 bridgehead atoms. The Labute approximate surface area is 212 Å². The first kappa shape index (κ1) is 25.8. The number of anilines is 1. The minimum atomic E-state index is -0.316. The van der Waals surface area contributed by atoms with Gasteiger partial charge in [-0.1, -0.05) is 58.7 Å². The van der Waals surface area contributed by atoms with Gasteiger partial charge >= 0.3 is 0 Å². The number of rotatable bonds is 9. The van der Waals surface area contributed by atoms with Crippen LogP contribution in [0, 0.1) is 20.8 Å². The molecule has 0 aliphatic heterocycles. The van der Waals surface area contributed by atoms with E-state index in [4.69, 9.17) is 23.2 Å². The maximum Gasteiger partial charge on any atom is 0.251 e. The number of hydrogen-bond acceptors (Lipinski definition) is 5. The molecule has 2 aromatic carbocycles. The van der Waals surface area contributed by atoms with Crippen molar-refractivity contribution in [2.45, 2.75) is 39.0 Å². The lowest BCUT2D eigenvalue weighted by Crippen LogP contribution is -2.25. The molecule has 2 amide bonds. The van der Waals surface area contributed by atoms with Gasteiger partial charge in [-0.3, -0.25) is 9.59 Å². The molecule has 0 saturated carbocycles. The van der Waals surface area contributed by atoms with Crippen molar-refractivity contribution in [2.75, 3.05) is 11.1 Å². The van der Waals surface area contributed by atoms with E-state index in [1.807, 2.05) is 37.5 Å². The van der Waals surface area contributed by atoms with Crippen LogP contribution in [0.15, 0.2) is 48.1 Å². The molecule has 10 heteroatoms. The van der Waals surface area contributed by atoms with Crippen LogP contribution in [-0.4, -0.2) is 32.3 Å². The van der Waals surface area contributed by atoms with Crippen molar-refractivity contribution in [1.82, 2.24) is 20.1 Å². The molecule has 0 aliphatic rings. The minimum absolute atomic E-state index is 0.136. The lowest BCUT2D eigenvalue weighted by molar-refractivity contribution is -0.113. The second-order valence-electron chi connectivity index (χ2n) is 7.72. The van der Waals surface area contributed by atoms with Gasteiger partial charge in [0.1, 0.15) is 0 Å². The number of carbonyl (C=O) groups excluding carboxylic acids is 2. The molecule has 1 aromatic heterocycles. The number of allylic oxidation sites excluding steroid dienone is 1. The van der Waals surface area contributed by atoms with Gasteiger partial charge in [-0.25, -0.2) is 0 Å². The predicted octanol–water partition coefficient (Wildman–Crippen LogP) is 5.36. The van der Waals surface area contributed by atoms with Gasteiger partial charge < -0.3 is 15.2 Å². The van der Waals surface area contributed by atoms with Gasteiger partial charge in [0.25, 0.3) is 5.91 Å². The summed E-state index contributed by atoms with van der Waals surface area (Å²) in [6, 6.07) is 8.74. The lowest BCUT2D eigenvalue weighted by atomic mass is 10.1. The molecule has 0 unspecified atom stereocenters. The van der Waals surface area contributed by atoms with Crippen molar-refractivity contribution >= 4 is 52.5 Å². The molecule has 0 atom stereocenters. The average molecular weight is 518 g/mol. The van der Waals surface area contributed by atoms with Crippen LogP contribution in [0.4, 0.5) is 5.69 Å². The van der Waals surface area contributed by atoms with Gasteiger partial charge in [0.2, 0.25) is 5.91 Å². The number of carbonyl (C=O) groups is 2. The second-order valence-corrected chi connectivity index (χ2v) is 9.48. The number of hydrogen-bond donors (Lipinski definition) is 2. The SMILES string of the molecule is C=CCn1c(CNC(=O)c2ccc(Cl)c(Cl)c2)nnc1SCC(=O)Nc1c(C)cc(C)cc1C. The summed E-state index contributed by atoms with van der Waals surface area (Å²) in [5.41, 5.74) is 4.40. The van der Waals surface area contributed by atoms with E-state index in [2.05, 4.69) is 27.4 Å². The zero-order valence-corrected chi connectivity index (χ0v) is 21.4. The maximum atomic E-state index is 12.6. The maximum absolute atomic E-state index is 12.6. The molecule has 0 aliphatic carbocycles. The van der Waals surface area contributed by atoms with Crippen molar-refractivity contribution in [1.29, 1.82) is 0 Å². The molecule has 34 heavy (non-hydrogen) atoms. The molecule has 3 aromatic rings. The fourth-order valence-electron chi connectivity index (χ4n) is 3.45. The highest BCUT2D eigenvalue weighted by Crippen LogP contribution is 2.24. The van der Waals surface area contributed by atoms with Crippen LogP contribution in [0.5, 0.6) is 0 Å². The molecule has 178 valence electrons. The molecular formula is C24H25Cl2N5O2S. The molecule has 7 nitrogen and oxygen atoms in total. The average Bonchev–Trinajstić information content (AvgIpc) is 3.16. The highest BCUT2D eigenvalue weighted by molar-refractivity contribution is 7.99. The van der Waals surface area contributed by atoms with Gasteiger partial charge in [0.15, 0.2) is 11.0 Å². The molecule has 0 fully saturated rings. The van der Waals surface area contributed by atoms with E-state index >= 15 is 0 Å². The molecule has 3 rings (SSSR count). The topological polar surface area (TPSA) is 88.9 Å². The largest absolute Gasteiger partial charge is 0.345 e. The van der Waals surface area contributed by atoms with Crippen LogP contribution < -0.4 is 10.6 Å². The van der Waals surface area contributed by atoms with Crippen LogP contribution in [0.1, 0.15) is 32.9 Å². The molecule has 0 radical (unpaired) electrons. The summed E-state index contributed by atoms with van der Waals surface area (Å²) in [6.07, 6.45) is 1.71. The highest BCUT2D eigenvalue weighted by atomic mass is 35.5. The number of aryl methyl sites for hydroxylation is 3. The monoisotopic (exact) mass is 517 g/mol. The fraction of sp³-hybridized carbons (Fsp3) is 0.250. The normalized spacial score (nSPS) is 10.7. The summed E-state index contributed by atoms with van der Waals surface area (Å²) < 4.78 is 1.81. The Bertz CT molecular complexity index is 1220. The number of benzene rings is 2. The summed E-state index contributed by atoms with van der Waals surface area (Å²) in [5, 5.41) is 15.4. The Kier molecular flexibility index (Phi) is 8.77. The zero-order valence-electron chi connectivity index (χ0n) is 19.1. The van der Waals surface area contributed by atoms with Crippen molar-refractivity contribution in [3.63, 3.8) is 0 Å². The number of amides is 2. The van der Waals surface area contributed by atoms with E-state index in [-0.39, 0.29) is 24.1 Å². The summed E-state index contributed by atoms with van der Waals surface area (Å²) in [4.78, 5) is 25.1. The van der Waals surface area contributed by atoms with Crippen molar-refractivity contribution in [2.24, 2.45) is 0 Å². The van der Waals surface area contributed by atoms with E-state index in [9.17, 15) is 9.59 Å². The molecule has 0 saturated heterocycles. The third kappa shape index (κ3) is 6.40. The van der Waals surface area contributed by atoms with Crippen LogP contribution in [-0.2, 0) is 17.9 Å².